The lowest BCUT2D eigenvalue weighted by Gasteiger charge is -2.20. The van der Waals surface area contributed by atoms with E-state index < -0.39 is 8.07 Å². The normalized spacial score (nSPS) is 14.0. The average molecular weight is 293 g/mol. The molecule has 2 heteroatoms. The molecule has 1 aliphatic rings. The first-order valence-electron chi connectivity index (χ1n) is 7.63. The van der Waals surface area contributed by atoms with Crippen molar-refractivity contribution in [1.29, 1.82) is 0 Å². The number of aromatic nitrogens is 1. The Hall–Kier alpha value is -1.67. The number of allylic oxidation sites excluding steroid dienone is 1. The topological polar surface area (TPSA) is 12.9 Å². The van der Waals surface area contributed by atoms with Crippen molar-refractivity contribution < 1.29 is 0 Å². The van der Waals surface area contributed by atoms with Gasteiger partial charge in [0.05, 0.1) is 13.8 Å². The number of benzene rings is 1. The standard InChI is InChI=1S/C19H23NSi/c1-13-9-15-7-6-8-16(17(15)10-13)18-11-14(2)19(12-20-18)21(3,4)5/h6-9,11-12H,10H2,1-5H3. The van der Waals surface area contributed by atoms with Gasteiger partial charge in [0.1, 0.15) is 0 Å². The minimum Gasteiger partial charge on any atom is -0.256 e. The number of hydrogen-bond donors (Lipinski definition) is 0. The summed E-state index contributed by atoms with van der Waals surface area (Å²) in [6.45, 7) is 11.6. The first-order valence-corrected chi connectivity index (χ1v) is 11.1. The molecule has 1 heterocycles. The molecule has 0 fully saturated rings. The number of hydrogen-bond acceptors (Lipinski definition) is 1. The molecule has 2 aromatic rings. The van der Waals surface area contributed by atoms with Crippen LogP contribution in [0.5, 0.6) is 0 Å². The molecule has 0 saturated heterocycles. The molecule has 0 unspecified atom stereocenters. The van der Waals surface area contributed by atoms with Crippen molar-refractivity contribution >= 4 is 19.3 Å². The van der Waals surface area contributed by atoms with Gasteiger partial charge in [-0.2, -0.15) is 0 Å². The molecular weight excluding hydrogens is 270 g/mol. The molecule has 21 heavy (non-hydrogen) atoms. The van der Waals surface area contributed by atoms with E-state index in [4.69, 9.17) is 4.98 Å². The second-order valence-corrected chi connectivity index (χ2v) is 12.2. The lowest BCUT2D eigenvalue weighted by molar-refractivity contribution is 1.18. The van der Waals surface area contributed by atoms with E-state index in [-0.39, 0.29) is 0 Å². The highest BCUT2D eigenvalue weighted by Crippen LogP contribution is 2.33. The maximum absolute atomic E-state index is 4.79. The molecule has 0 atom stereocenters. The Kier molecular flexibility index (Phi) is 3.37. The van der Waals surface area contributed by atoms with Gasteiger partial charge in [-0.1, -0.05) is 49.5 Å². The van der Waals surface area contributed by atoms with E-state index >= 15 is 0 Å². The van der Waals surface area contributed by atoms with Crippen LogP contribution in [-0.4, -0.2) is 13.1 Å². The smallest absolute Gasteiger partial charge is 0.0799 e. The molecule has 0 amide bonds. The van der Waals surface area contributed by atoms with E-state index in [0.29, 0.717) is 0 Å². The van der Waals surface area contributed by atoms with Crippen LogP contribution in [-0.2, 0) is 6.42 Å². The molecular formula is C19H23NSi. The summed E-state index contributed by atoms with van der Waals surface area (Å²) in [5.74, 6) is 0. The average Bonchev–Trinajstić information content (AvgIpc) is 2.76. The summed E-state index contributed by atoms with van der Waals surface area (Å²) in [4.78, 5) is 4.79. The Morgan fingerprint density at radius 2 is 1.86 bits per heavy atom. The number of pyridine rings is 1. The van der Waals surface area contributed by atoms with E-state index in [9.17, 15) is 0 Å². The fourth-order valence-electron chi connectivity index (χ4n) is 3.26. The predicted octanol–water partition coefficient (Wildman–Crippen LogP) is 4.56. The monoisotopic (exact) mass is 293 g/mol. The van der Waals surface area contributed by atoms with Crippen LogP contribution in [0.25, 0.3) is 17.3 Å². The number of nitrogens with zero attached hydrogens (tertiary/aromatic N) is 1. The van der Waals surface area contributed by atoms with Crippen molar-refractivity contribution in [2.75, 3.05) is 0 Å². The summed E-state index contributed by atoms with van der Waals surface area (Å²) in [7, 11) is -1.31. The van der Waals surface area contributed by atoms with Crippen molar-refractivity contribution in [3.8, 4) is 11.3 Å². The zero-order valence-corrected chi connectivity index (χ0v) is 14.6. The molecule has 0 spiro atoms. The Morgan fingerprint density at radius 3 is 2.52 bits per heavy atom. The molecule has 1 aliphatic carbocycles. The lowest BCUT2D eigenvalue weighted by atomic mass is 9.98. The van der Waals surface area contributed by atoms with Crippen LogP contribution in [0, 0.1) is 6.92 Å². The molecule has 0 saturated carbocycles. The molecule has 1 aromatic heterocycles. The summed E-state index contributed by atoms with van der Waals surface area (Å²) in [6, 6.07) is 8.84. The summed E-state index contributed by atoms with van der Waals surface area (Å²) >= 11 is 0. The molecule has 0 bridgehead atoms. The number of rotatable bonds is 2. The van der Waals surface area contributed by atoms with Crippen molar-refractivity contribution in [1.82, 2.24) is 4.98 Å². The van der Waals surface area contributed by atoms with Gasteiger partial charge in [0.2, 0.25) is 0 Å². The SMILES string of the molecule is CC1=Cc2cccc(-c3cc(C)c([Si](C)(C)C)cn3)c2C1. The van der Waals surface area contributed by atoms with E-state index in [2.05, 4.69) is 70.0 Å². The molecule has 0 radical (unpaired) electrons. The van der Waals surface area contributed by atoms with E-state index in [0.717, 1.165) is 12.1 Å². The first-order chi connectivity index (χ1) is 9.86. The van der Waals surface area contributed by atoms with Crippen molar-refractivity contribution in [2.45, 2.75) is 39.9 Å². The Labute approximate surface area is 128 Å². The van der Waals surface area contributed by atoms with Gasteiger partial charge in [0, 0.05) is 11.8 Å². The van der Waals surface area contributed by atoms with Gasteiger partial charge in [0.25, 0.3) is 0 Å². The van der Waals surface area contributed by atoms with Gasteiger partial charge in [-0.3, -0.25) is 4.98 Å². The highest BCUT2D eigenvalue weighted by molar-refractivity contribution is 6.89. The quantitative estimate of drug-likeness (QED) is 0.740. The van der Waals surface area contributed by atoms with Crippen molar-refractivity contribution in [3.63, 3.8) is 0 Å². The lowest BCUT2D eigenvalue weighted by Crippen LogP contribution is -2.39. The van der Waals surface area contributed by atoms with Crippen LogP contribution >= 0.6 is 0 Å². The summed E-state index contributed by atoms with van der Waals surface area (Å²) in [5.41, 5.74) is 8.04. The van der Waals surface area contributed by atoms with Crippen LogP contribution in [0.15, 0.2) is 36.0 Å². The second-order valence-electron chi connectivity index (χ2n) is 7.18. The maximum atomic E-state index is 4.79. The molecule has 1 nitrogen and oxygen atoms in total. The molecule has 108 valence electrons. The predicted molar refractivity (Wildman–Crippen MR) is 94.7 cm³/mol. The third kappa shape index (κ3) is 2.60. The van der Waals surface area contributed by atoms with Crippen molar-refractivity contribution in [3.05, 3.63) is 52.7 Å². The van der Waals surface area contributed by atoms with E-state index in [1.165, 1.54) is 33.0 Å². The number of aryl methyl sites for hydroxylation is 1. The molecule has 3 rings (SSSR count). The Balaban J connectivity index is 2.08. The van der Waals surface area contributed by atoms with Crippen LogP contribution in [0.3, 0.4) is 0 Å². The first kappa shape index (κ1) is 14.3. The Bertz CT molecular complexity index is 736. The fourth-order valence-corrected chi connectivity index (χ4v) is 4.97. The zero-order valence-electron chi connectivity index (χ0n) is 13.6. The van der Waals surface area contributed by atoms with E-state index in [1.54, 1.807) is 0 Å². The third-order valence-corrected chi connectivity index (χ3v) is 6.40. The Morgan fingerprint density at radius 1 is 1.10 bits per heavy atom. The maximum Gasteiger partial charge on any atom is 0.0799 e. The third-order valence-electron chi connectivity index (χ3n) is 4.26. The van der Waals surface area contributed by atoms with Gasteiger partial charge in [-0.25, -0.2) is 0 Å². The summed E-state index contributed by atoms with van der Waals surface area (Å²) < 4.78 is 0. The van der Waals surface area contributed by atoms with Crippen LogP contribution in [0.1, 0.15) is 23.6 Å². The van der Waals surface area contributed by atoms with Gasteiger partial charge in [-0.05, 0) is 48.2 Å². The largest absolute Gasteiger partial charge is 0.256 e. The summed E-state index contributed by atoms with van der Waals surface area (Å²) in [6.07, 6.45) is 5.47. The van der Waals surface area contributed by atoms with Gasteiger partial charge < -0.3 is 0 Å². The molecule has 0 N–H and O–H groups in total. The van der Waals surface area contributed by atoms with Gasteiger partial charge in [0.15, 0.2) is 0 Å². The van der Waals surface area contributed by atoms with Crippen molar-refractivity contribution in [2.24, 2.45) is 0 Å². The molecule has 1 aromatic carbocycles. The van der Waals surface area contributed by atoms with Crippen LogP contribution < -0.4 is 5.19 Å². The minimum absolute atomic E-state index is 1.06. The number of fused-ring (bicyclic) bond motifs is 1. The van der Waals surface area contributed by atoms with E-state index in [1.807, 2.05) is 0 Å². The fraction of sp³-hybridized carbons (Fsp3) is 0.316. The molecule has 0 aliphatic heterocycles. The minimum atomic E-state index is -1.31. The highest BCUT2D eigenvalue weighted by atomic mass is 28.3. The van der Waals surface area contributed by atoms with Crippen LogP contribution in [0.4, 0.5) is 0 Å². The van der Waals surface area contributed by atoms with Gasteiger partial charge >= 0.3 is 0 Å². The highest BCUT2D eigenvalue weighted by Gasteiger charge is 2.21. The zero-order chi connectivity index (χ0) is 15.2. The van der Waals surface area contributed by atoms with Gasteiger partial charge in [-0.15, -0.1) is 0 Å². The summed E-state index contributed by atoms with van der Waals surface area (Å²) in [5, 5.41) is 1.47. The second kappa shape index (κ2) is 4.95. The van der Waals surface area contributed by atoms with Crippen LogP contribution in [0.2, 0.25) is 19.6 Å².